The summed E-state index contributed by atoms with van der Waals surface area (Å²) in [5, 5.41) is 7.94. The molecule has 0 radical (unpaired) electrons. The molecule has 1 aromatic rings. The largest absolute Gasteiger partial charge is 0.434 e. The minimum Gasteiger partial charge on any atom is -0.356 e. The molecule has 0 bridgehead atoms. The highest BCUT2D eigenvalue weighted by atomic mass is 32.1. The van der Waals surface area contributed by atoms with Crippen molar-refractivity contribution in [1.29, 1.82) is 0 Å². The summed E-state index contributed by atoms with van der Waals surface area (Å²) in [7, 11) is 1.70. The van der Waals surface area contributed by atoms with Crippen LogP contribution in [-0.4, -0.2) is 31.1 Å². The first-order chi connectivity index (χ1) is 11.5. The third kappa shape index (κ3) is 6.30. The second-order valence-corrected chi connectivity index (χ2v) is 7.04. The molecule has 0 saturated heterocycles. The Hall–Kier alpha value is -1.31. The molecule has 8 heteroatoms. The lowest BCUT2D eigenvalue weighted by Crippen LogP contribution is -2.39. The highest BCUT2D eigenvalue weighted by Crippen LogP contribution is 2.30. The van der Waals surface area contributed by atoms with Gasteiger partial charge in [0.25, 0.3) is 0 Å². The summed E-state index contributed by atoms with van der Waals surface area (Å²) in [6.45, 7) is 1.38. The Morgan fingerprint density at radius 2 is 1.96 bits per heavy atom. The molecule has 2 N–H and O–H groups in total. The van der Waals surface area contributed by atoms with Crippen molar-refractivity contribution in [2.24, 2.45) is 10.9 Å². The van der Waals surface area contributed by atoms with E-state index in [9.17, 15) is 13.2 Å². The van der Waals surface area contributed by atoms with Gasteiger partial charge in [-0.05, 0) is 12.3 Å². The first kappa shape index (κ1) is 19.0. The maximum atomic E-state index is 12.5. The Bertz CT molecular complexity index is 522. The molecule has 1 saturated carbocycles. The van der Waals surface area contributed by atoms with Gasteiger partial charge in [-0.1, -0.05) is 32.1 Å². The zero-order valence-electron chi connectivity index (χ0n) is 14.0. The molecule has 4 nitrogen and oxygen atoms in total. The van der Waals surface area contributed by atoms with Gasteiger partial charge in [0.1, 0.15) is 0 Å². The van der Waals surface area contributed by atoms with Crippen LogP contribution in [0.5, 0.6) is 0 Å². The van der Waals surface area contributed by atoms with Crippen molar-refractivity contribution in [1.82, 2.24) is 15.6 Å². The number of rotatable bonds is 6. The Labute approximate surface area is 145 Å². The van der Waals surface area contributed by atoms with E-state index in [1.165, 1.54) is 32.1 Å². The van der Waals surface area contributed by atoms with Crippen LogP contribution in [0.4, 0.5) is 13.2 Å². The van der Waals surface area contributed by atoms with Crippen LogP contribution < -0.4 is 10.6 Å². The van der Waals surface area contributed by atoms with Gasteiger partial charge in [0.05, 0.1) is 5.01 Å². The third-order valence-electron chi connectivity index (χ3n) is 4.27. The molecule has 24 heavy (non-hydrogen) atoms. The fourth-order valence-electron chi connectivity index (χ4n) is 2.93. The van der Waals surface area contributed by atoms with Gasteiger partial charge in [-0.15, -0.1) is 11.3 Å². The number of thiazole rings is 1. The molecule has 0 aromatic carbocycles. The lowest BCUT2D eigenvalue weighted by atomic mass is 9.87. The van der Waals surface area contributed by atoms with E-state index in [1.54, 1.807) is 7.05 Å². The van der Waals surface area contributed by atoms with Gasteiger partial charge in [0.2, 0.25) is 0 Å². The van der Waals surface area contributed by atoms with Gasteiger partial charge in [-0.3, -0.25) is 4.99 Å². The molecular weight excluding hydrogens is 337 g/mol. The fraction of sp³-hybridized carbons (Fsp3) is 0.750. The first-order valence-corrected chi connectivity index (χ1v) is 9.33. The van der Waals surface area contributed by atoms with Crippen molar-refractivity contribution in [3.8, 4) is 0 Å². The normalized spacial score (nSPS) is 17.1. The number of halogens is 3. The van der Waals surface area contributed by atoms with Crippen molar-refractivity contribution < 1.29 is 13.2 Å². The van der Waals surface area contributed by atoms with Gasteiger partial charge in [0.15, 0.2) is 11.7 Å². The molecule has 0 unspecified atom stereocenters. The SMILES string of the molecule is CN=C(NCCc1nc(C(F)(F)F)cs1)NCCC1CCCCC1. The number of aliphatic imine (C=N–C) groups is 1. The minimum absolute atomic E-state index is 0.448. The van der Waals surface area contributed by atoms with Crippen molar-refractivity contribution in [2.45, 2.75) is 51.1 Å². The second kappa shape index (κ2) is 9.25. The van der Waals surface area contributed by atoms with Crippen LogP contribution >= 0.6 is 11.3 Å². The number of alkyl halides is 3. The summed E-state index contributed by atoms with van der Waals surface area (Å²) in [5.74, 6) is 1.50. The summed E-state index contributed by atoms with van der Waals surface area (Å²) in [6, 6.07) is 0. The maximum Gasteiger partial charge on any atom is 0.434 e. The Balaban J connectivity index is 1.65. The van der Waals surface area contributed by atoms with E-state index in [-0.39, 0.29) is 0 Å². The molecule has 0 amide bonds. The monoisotopic (exact) mass is 362 g/mol. The van der Waals surface area contributed by atoms with E-state index < -0.39 is 11.9 Å². The van der Waals surface area contributed by atoms with Gasteiger partial charge < -0.3 is 10.6 Å². The van der Waals surface area contributed by atoms with Gasteiger partial charge in [0, 0.05) is 31.9 Å². The van der Waals surface area contributed by atoms with Crippen LogP contribution in [0.25, 0.3) is 0 Å². The predicted octanol–water partition coefficient (Wildman–Crippen LogP) is 3.84. The van der Waals surface area contributed by atoms with Crippen molar-refractivity contribution in [3.63, 3.8) is 0 Å². The van der Waals surface area contributed by atoms with E-state index in [2.05, 4.69) is 20.6 Å². The molecule has 1 aliphatic carbocycles. The fourth-order valence-corrected chi connectivity index (χ4v) is 3.74. The molecule has 2 rings (SSSR count). The van der Waals surface area contributed by atoms with Gasteiger partial charge >= 0.3 is 6.18 Å². The zero-order chi connectivity index (χ0) is 17.4. The van der Waals surface area contributed by atoms with Crippen molar-refractivity contribution in [2.75, 3.05) is 20.1 Å². The summed E-state index contributed by atoms with van der Waals surface area (Å²) in [4.78, 5) is 7.76. The molecule has 1 aromatic heterocycles. The van der Waals surface area contributed by atoms with E-state index in [1.807, 2.05) is 0 Å². The topological polar surface area (TPSA) is 49.3 Å². The average Bonchev–Trinajstić information content (AvgIpc) is 3.03. The molecule has 0 aliphatic heterocycles. The minimum atomic E-state index is -4.36. The molecule has 0 spiro atoms. The van der Waals surface area contributed by atoms with E-state index in [0.29, 0.717) is 23.9 Å². The summed E-state index contributed by atoms with van der Waals surface area (Å²) < 4.78 is 37.5. The average molecular weight is 362 g/mol. The smallest absolute Gasteiger partial charge is 0.356 e. The molecule has 136 valence electrons. The molecule has 0 atom stereocenters. The van der Waals surface area contributed by atoms with Crippen LogP contribution in [-0.2, 0) is 12.6 Å². The van der Waals surface area contributed by atoms with E-state index in [0.717, 1.165) is 35.6 Å². The number of hydrogen-bond acceptors (Lipinski definition) is 3. The standard InChI is InChI=1S/C16H25F3N4S/c1-20-15(21-9-7-12-5-3-2-4-6-12)22-10-8-14-23-13(11-24-14)16(17,18)19/h11-12H,2-10H2,1H3,(H2,20,21,22). The Morgan fingerprint density at radius 3 is 2.58 bits per heavy atom. The quantitative estimate of drug-likeness (QED) is 0.597. The highest BCUT2D eigenvalue weighted by Gasteiger charge is 2.33. The Morgan fingerprint density at radius 1 is 1.25 bits per heavy atom. The van der Waals surface area contributed by atoms with Crippen LogP contribution in [0.3, 0.4) is 0 Å². The number of guanidine groups is 1. The number of nitrogens with one attached hydrogen (secondary N) is 2. The van der Waals surface area contributed by atoms with E-state index in [4.69, 9.17) is 0 Å². The van der Waals surface area contributed by atoms with Crippen LogP contribution in [0.1, 0.15) is 49.2 Å². The first-order valence-electron chi connectivity index (χ1n) is 8.45. The highest BCUT2D eigenvalue weighted by molar-refractivity contribution is 7.09. The number of hydrogen-bond donors (Lipinski definition) is 2. The van der Waals surface area contributed by atoms with Crippen LogP contribution in [0.15, 0.2) is 10.4 Å². The van der Waals surface area contributed by atoms with Crippen LogP contribution in [0, 0.1) is 5.92 Å². The summed E-state index contributed by atoms with van der Waals surface area (Å²) in [5.41, 5.74) is -0.808. The molecule has 1 heterocycles. The lowest BCUT2D eigenvalue weighted by Gasteiger charge is -2.22. The van der Waals surface area contributed by atoms with Crippen LogP contribution in [0.2, 0.25) is 0 Å². The van der Waals surface area contributed by atoms with Crippen molar-refractivity contribution >= 4 is 17.3 Å². The lowest BCUT2D eigenvalue weighted by molar-refractivity contribution is -0.140. The maximum absolute atomic E-state index is 12.5. The summed E-state index contributed by atoms with van der Waals surface area (Å²) >= 11 is 1.04. The predicted molar refractivity (Wildman–Crippen MR) is 91.4 cm³/mol. The number of aromatic nitrogens is 1. The van der Waals surface area contributed by atoms with Crippen molar-refractivity contribution in [3.05, 3.63) is 16.1 Å². The zero-order valence-corrected chi connectivity index (χ0v) is 14.8. The molecule has 1 fully saturated rings. The van der Waals surface area contributed by atoms with Gasteiger partial charge in [-0.25, -0.2) is 4.98 Å². The van der Waals surface area contributed by atoms with Gasteiger partial charge in [-0.2, -0.15) is 13.2 Å². The molecule has 1 aliphatic rings. The number of nitrogens with zero attached hydrogens (tertiary/aromatic N) is 2. The molecular formula is C16H25F3N4S. The summed E-state index contributed by atoms with van der Waals surface area (Å²) in [6.07, 6.45) is 3.90. The Kier molecular flexibility index (Phi) is 7.33. The third-order valence-corrected chi connectivity index (χ3v) is 5.18. The second-order valence-electron chi connectivity index (χ2n) is 6.09. The van der Waals surface area contributed by atoms with E-state index >= 15 is 0 Å².